The summed E-state index contributed by atoms with van der Waals surface area (Å²) in [4.78, 5) is 4.05. The highest BCUT2D eigenvalue weighted by molar-refractivity contribution is 5.17. The van der Waals surface area contributed by atoms with Crippen LogP contribution in [0.4, 0.5) is 0 Å². The molecule has 0 radical (unpaired) electrons. The zero-order chi connectivity index (χ0) is 12.3. The van der Waals surface area contributed by atoms with Crippen LogP contribution < -0.4 is 5.73 Å². The van der Waals surface area contributed by atoms with Crippen LogP contribution in [-0.4, -0.2) is 24.2 Å². The van der Waals surface area contributed by atoms with E-state index < -0.39 is 0 Å². The monoisotopic (exact) mass is 234 g/mol. The summed E-state index contributed by atoms with van der Waals surface area (Å²) in [5.41, 5.74) is 7.72. The molecule has 4 atom stereocenters. The molecule has 1 aliphatic rings. The quantitative estimate of drug-likeness (QED) is 0.872. The first-order chi connectivity index (χ1) is 8.20. The van der Waals surface area contributed by atoms with Crippen LogP contribution in [0, 0.1) is 11.8 Å². The maximum atomic E-state index is 6.44. The first-order valence-corrected chi connectivity index (χ1v) is 6.43. The van der Waals surface area contributed by atoms with Gasteiger partial charge in [0.1, 0.15) is 0 Å². The number of pyridine rings is 1. The van der Waals surface area contributed by atoms with Gasteiger partial charge in [-0.05, 0) is 41.9 Å². The Labute approximate surface area is 103 Å². The highest BCUT2D eigenvalue weighted by atomic mass is 16.5. The standard InChI is InChI=1S/C14H22N2O/c1-10-9-17-8-5-13(10)14(15)11(2)12-3-6-16-7-4-12/h3-4,6-7,10-11,13-14H,5,8-9,15H2,1-2H3. The summed E-state index contributed by atoms with van der Waals surface area (Å²) in [6.07, 6.45) is 4.76. The molecule has 94 valence electrons. The first-order valence-electron chi connectivity index (χ1n) is 6.43. The number of nitrogens with zero attached hydrogens (tertiary/aromatic N) is 1. The largest absolute Gasteiger partial charge is 0.381 e. The molecule has 1 aromatic heterocycles. The summed E-state index contributed by atoms with van der Waals surface area (Å²) in [6, 6.07) is 4.33. The molecule has 2 rings (SSSR count). The maximum Gasteiger partial charge on any atom is 0.0494 e. The average molecular weight is 234 g/mol. The van der Waals surface area contributed by atoms with Gasteiger partial charge in [0.15, 0.2) is 0 Å². The third kappa shape index (κ3) is 2.85. The number of hydrogen-bond acceptors (Lipinski definition) is 3. The van der Waals surface area contributed by atoms with Crippen molar-refractivity contribution in [3.8, 4) is 0 Å². The van der Waals surface area contributed by atoms with Gasteiger partial charge in [0.25, 0.3) is 0 Å². The molecule has 0 amide bonds. The number of hydrogen-bond donors (Lipinski definition) is 1. The molecule has 1 aliphatic heterocycles. The van der Waals surface area contributed by atoms with Crippen LogP contribution in [0.5, 0.6) is 0 Å². The van der Waals surface area contributed by atoms with Gasteiger partial charge >= 0.3 is 0 Å². The maximum absolute atomic E-state index is 6.44. The molecule has 0 aliphatic carbocycles. The van der Waals surface area contributed by atoms with Gasteiger partial charge in [-0.25, -0.2) is 0 Å². The minimum absolute atomic E-state index is 0.205. The van der Waals surface area contributed by atoms with E-state index in [1.165, 1.54) is 5.56 Å². The van der Waals surface area contributed by atoms with Crippen molar-refractivity contribution < 1.29 is 4.74 Å². The third-order valence-electron chi connectivity index (χ3n) is 4.01. The lowest BCUT2D eigenvalue weighted by atomic mass is 9.77. The Morgan fingerprint density at radius 2 is 2.12 bits per heavy atom. The molecule has 1 aromatic rings. The number of nitrogens with two attached hydrogens (primary N) is 1. The molecule has 17 heavy (non-hydrogen) atoms. The fourth-order valence-corrected chi connectivity index (χ4v) is 2.73. The Morgan fingerprint density at radius 1 is 1.41 bits per heavy atom. The molecule has 3 heteroatoms. The minimum Gasteiger partial charge on any atom is -0.381 e. The van der Waals surface area contributed by atoms with Crippen molar-refractivity contribution in [2.24, 2.45) is 17.6 Å². The summed E-state index contributed by atoms with van der Waals surface area (Å²) in [5.74, 6) is 1.50. The Hall–Kier alpha value is -0.930. The Kier molecular flexibility index (Phi) is 4.13. The second kappa shape index (κ2) is 5.61. The van der Waals surface area contributed by atoms with Crippen molar-refractivity contribution in [1.82, 2.24) is 4.98 Å². The van der Waals surface area contributed by atoms with Gasteiger partial charge in [-0.1, -0.05) is 13.8 Å². The summed E-state index contributed by atoms with van der Waals surface area (Å²) in [6.45, 7) is 6.15. The van der Waals surface area contributed by atoms with E-state index in [2.05, 4.69) is 31.0 Å². The van der Waals surface area contributed by atoms with E-state index >= 15 is 0 Å². The fourth-order valence-electron chi connectivity index (χ4n) is 2.73. The van der Waals surface area contributed by atoms with Gasteiger partial charge in [-0.2, -0.15) is 0 Å². The predicted octanol–water partition coefficient (Wildman–Crippen LogP) is 2.19. The first kappa shape index (κ1) is 12.5. The molecule has 4 unspecified atom stereocenters. The Balaban J connectivity index is 2.06. The molecule has 0 saturated carbocycles. The molecule has 0 aromatic carbocycles. The molecule has 0 spiro atoms. The van der Waals surface area contributed by atoms with Gasteiger partial charge in [0, 0.05) is 31.6 Å². The molecular weight excluding hydrogens is 212 g/mol. The molecular formula is C14H22N2O. The van der Waals surface area contributed by atoms with Crippen molar-refractivity contribution in [2.45, 2.75) is 32.2 Å². The van der Waals surface area contributed by atoms with Crippen LogP contribution in [0.3, 0.4) is 0 Å². The van der Waals surface area contributed by atoms with Gasteiger partial charge < -0.3 is 10.5 Å². The van der Waals surface area contributed by atoms with E-state index in [1.54, 1.807) is 0 Å². The van der Waals surface area contributed by atoms with Crippen LogP contribution in [0.25, 0.3) is 0 Å². The number of ether oxygens (including phenoxy) is 1. The zero-order valence-electron chi connectivity index (χ0n) is 10.7. The van der Waals surface area contributed by atoms with Gasteiger partial charge in [-0.15, -0.1) is 0 Å². The summed E-state index contributed by atoms with van der Waals surface area (Å²) in [7, 11) is 0. The second-order valence-electron chi connectivity index (χ2n) is 5.15. The molecule has 2 N–H and O–H groups in total. The number of aromatic nitrogens is 1. The van der Waals surface area contributed by atoms with E-state index in [4.69, 9.17) is 10.5 Å². The second-order valence-corrected chi connectivity index (χ2v) is 5.15. The SMILES string of the molecule is CC1COCCC1C(N)C(C)c1ccncc1. The van der Waals surface area contributed by atoms with E-state index in [0.29, 0.717) is 17.8 Å². The lowest BCUT2D eigenvalue weighted by Gasteiger charge is -2.36. The van der Waals surface area contributed by atoms with Crippen LogP contribution in [0.1, 0.15) is 31.7 Å². The van der Waals surface area contributed by atoms with Crippen LogP contribution in [0.2, 0.25) is 0 Å². The molecule has 3 nitrogen and oxygen atoms in total. The highest BCUT2D eigenvalue weighted by Gasteiger charge is 2.31. The van der Waals surface area contributed by atoms with E-state index in [-0.39, 0.29) is 6.04 Å². The number of rotatable bonds is 3. The Bertz CT molecular complexity index is 341. The van der Waals surface area contributed by atoms with Gasteiger partial charge in [0.2, 0.25) is 0 Å². The van der Waals surface area contributed by atoms with Gasteiger partial charge in [-0.3, -0.25) is 4.98 Å². The van der Waals surface area contributed by atoms with Crippen molar-refractivity contribution in [3.05, 3.63) is 30.1 Å². The predicted molar refractivity (Wildman–Crippen MR) is 68.7 cm³/mol. The van der Waals surface area contributed by atoms with Gasteiger partial charge in [0.05, 0.1) is 0 Å². The van der Waals surface area contributed by atoms with Crippen LogP contribution >= 0.6 is 0 Å². The normalized spacial score (nSPS) is 28.6. The smallest absolute Gasteiger partial charge is 0.0494 e. The fraction of sp³-hybridized carbons (Fsp3) is 0.643. The van der Waals surface area contributed by atoms with Crippen LogP contribution in [0.15, 0.2) is 24.5 Å². The molecule has 1 saturated heterocycles. The summed E-state index contributed by atoms with van der Waals surface area (Å²) < 4.78 is 5.48. The highest BCUT2D eigenvalue weighted by Crippen LogP contribution is 2.31. The van der Waals surface area contributed by atoms with E-state index in [1.807, 2.05) is 12.4 Å². The van der Waals surface area contributed by atoms with Crippen molar-refractivity contribution in [1.29, 1.82) is 0 Å². The van der Waals surface area contributed by atoms with Crippen molar-refractivity contribution >= 4 is 0 Å². The van der Waals surface area contributed by atoms with Crippen molar-refractivity contribution in [2.75, 3.05) is 13.2 Å². The minimum atomic E-state index is 0.205. The average Bonchev–Trinajstić information content (AvgIpc) is 2.39. The van der Waals surface area contributed by atoms with E-state index in [9.17, 15) is 0 Å². The zero-order valence-corrected chi connectivity index (χ0v) is 10.7. The van der Waals surface area contributed by atoms with Crippen molar-refractivity contribution in [3.63, 3.8) is 0 Å². The summed E-state index contributed by atoms with van der Waals surface area (Å²) >= 11 is 0. The van der Waals surface area contributed by atoms with E-state index in [0.717, 1.165) is 19.6 Å². The topological polar surface area (TPSA) is 48.1 Å². The molecule has 2 heterocycles. The Morgan fingerprint density at radius 3 is 2.76 bits per heavy atom. The third-order valence-corrected chi connectivity index (χ3v) is 4.01. The summed E-state index contributed by atoms with van der Waals surface area (Å²) in [5, 5.41) is 0. The lowest BCUT2D eigenvalue weighted by Crippen LogP contribution is -2.42. The molecule has 0 bridgehead atoms. The van der Waals surface area contributed by atoms with Crippen LogP contribution in [-0.2, 0) is 4.74 Å². The molecule has 1 fully saturated rings. The lowest BCUT2D eigenvalue weighted by molar-refractivity contribution is 0.0131.